The van der Waals surface area contributed by atoms with Crippen LogP contribution in [-0.4, -0.2) is 41.4 Å². The Morgan fingerprint density at radius 3 is 2.87 bits per heavy atom. The van der Waals surface area contributed by atoms with Crippen LogP contribution in [0.1, 0.15) is 54.2 Å². The normalized spacial score (nSPS) is 18.8. The van der Waals surface area contributed by atoms with Crippen LogP contribution in [0.25, 0.3) is 17.1 Å². The smallest absolute Gasteiger partial charge is 0.270 e. The molecular formula is C25H33N4O2+. The Kier molecular flexibility index (Phi) is 6.56. The van der Waals surface area contributed by atoms with Crippen LogP contribution in [0.3, 0.4) is 0 Å². The van der Waals surface area contributed by atoms with Crippen LogP contribution in [0.2, 0.25) is 0 Å². The summed E-state index contributed by atoms with van der Waals surface area (Å²) in [7, 11) is 0. The number of aryl methyl sites for hydroxylation is 2. The SMILES string of the molecule is Cc1ccc(-n2nc(-c3ccco3)cc2C(=O)NCCC[NH+]2CCCC[C@@H]2C)c(C)c1. The Morgan fingerprint density at radius 2 is 2.13 bits per heavy atom. The molecule has 164 valence electrons. The van der Waals surface area contributed by atoms with E-state index < -0.39 is 0 Å². The van der Waals surface area contributed by atoms with Crippen LogP contribution in [0.15, 0.2) is 47.1 Å². The van der Waals surface area contributed by atoms with Crippen LogP contribution in [0.4, 0.5) is 0 Å². The lowest BCUT2D eigenvalue weighted by Crippen LogP contribution is -3.16. The number of likely N-dealkylation sites (tertiary alicyclic amines) is 1. The Hall–Kier alpha value is -2.86. The summed E-state index contributed by atoms with van der Waals surface area (Å²) in [5.74, 6) is 0.548. The molecule has 0 radical (unpaired) electrons. The number of piperidine rings is 1. The summed E-state index contributed by atoms with van der Waals surface area (Å²) in [6.07, 6.45) is 6.58. The number of carbonyl (C=O) groups excluding carboxylic acids is 1. The molecule has 6 heteroatoms. The van der Waals surface area contributed by atoms with Crippen molar-refractivity contribution in [2.75, 3.05) is 19.6 Å². The molecular weight excluding hydrogens is 388 g/mol. The van der Waals surface area contributed by atoms with Gasteiger partial charge in [0.15, 0.2) is 5.76 Å². The number of rotatable bonds is 7. The molecule has 1 aromatic carbocycles. The standard InChI is InChI=1S/C25H32N4O2/c1-18-10-11-22(19(2)16-18)29-23(17-21(27-29)24-9-6-15-31-24)25(30)26-12-7-14-28-13-5-4-8-20(28)3/h6,9-11,15-17,20H,4-5,7-8,12-14H2,1-3H3,(H,26,30)/p+1/t20-/m0/s1. The quantitative estimate of drug-likeness (QED) is 0.575. The minimum atomic E-state index is -0.105. The van der Waals surface area contributed by atoms with Crippen LogP contribution in [0.5, 0.6) is 0 Å². The second kappa shape index (κ2) is 9.52. The summed E-state index contributed by atoms with van der Waals surface area (Å²) >= 11 is 0. The molecule has 2 aromatic heterocycles. The lowest BCUT2D eigenvalue weighted by molar-refractivity contribution is -0.928. The fourth-order valence-corrected chi connectivity index (χ4v) is 4.55. The summed E-state index contributed by atoms with van der Waals surface area (Å²) in [5, 5.41) is 7.81. The van der Waals surface area contributed by atoms with Gasteiger partial charge >= 0.3 is 0 Å². The lowest BCUT2D eigenvalue weighted by atomic mass is 10.0. The van der Waals surface area contributed by atoms with Crippen LogP contribution in [-0.2, 0) is 0 Å². The molecule has 1 aliphatic heterocycles. The molecule has 1 aliphatic rings. The molecule has 0 aliphatic carbocycles. The predicted octanol–water partition coefficient (Wildman–Crippen LogP) is 3.33. The van der Waals surface area contributed by atoms with E-state index in [4.69, 9.17) is 9.52 Å². The molecule has 3 aromatic rings. The zero-order chi connectivity index (χ0) is 21.8. The van der Waals surface area contributed by atoms with Gasteiger partial charge in [-0.15, -0.1) is 0 Å². The minimum Gasteiger partial charge on any atom is -0.463 e. The summed E-state index contributed by atoms with van der Waals surface area (Å²) in [6, 6.07) is 12.4. The zero-order valence-corrected chi connectivity index (χ0v) is 18.8. The van der Waals surface area contributed by atoms with E-state index in [2.05, 4.69) is 25.2 Å². The zero-order valence-electron chi connectivity index (χ0n) is 18.8. The number of quaternary nitrogens is 1. The van der Waals surface area contributed by atoms with Crippen LogP contribution < -0.4 is 10.2 Å². The first-order valence-corrected chi connectivity index (χ1v) is 11.4. The fourth-order valence-electron chi connectivity index (χ4n) is 4.55. The molecule has 1 fully saturated rings. The van der Waals surface area contributed by atoms with Gasteiger partial charge in [0.05, 0.1) is 31.1 Å². The lowest BCUT2D eigenvalue weighted by Gasteiger charge is -2.30. The van der Waals surface area contributed by atoms with Gasteiger partial charge in [-0.05, 0) is 63.8 Å². The number of hydrogen-bond donors (Lipinski definition) is 2. The number of nitrogens with zero attached hydrogens (tertiary/aromatic N) is 2. The van der Waals surface area contributed by atoms with Gasteiger partial charge in [0, 0.05) is 19.0 Å². The first-order valence-electron chi connectivity index (χ1n) is 11.4. The second-order valence-electron chi connectivity index (χ2n) is 8.76. The molecule has 31 heavy (non-hydrogen) atoms. The summed E-state index contributed by atoms with van der Waals surface area (Å²) < 4.78 is 7.25. The van der Waals surface area contributed by atoms with Crippen LogP contribution in [0, 0.1) is 13.8 Å². The van der Waals surface area contributed by atoms with Gasteiger partial charge in [-0.2, -0.15) is 5.10 Å². The largest absolute Gasteiger partial charge is 0.463 e. The van der Waals surface area contributed by atoms with E-state index in [9.17, 15) is 4.79 Å². The van der Waals surface area contributed by atoms with E-state index in [0.717, 1.165) is 30.3 Å². The van der Waals surface area contributed by atoms with Crippen molar-refractivity contribution in [3.05, 3.63) is 59.5 Å². The number of furan rings is 1. The third-order valence-electron chi connectivity index (χ3n) is 6.34. The van der Waals surface area contributed by atoms with Gasteiger partial charge < -0.3 is 14.6 Å². The highest BCUT2D eigenvalue weighted by atomic mass is 16.3. The summed E-state index contributed by atoms with van der Waals surface area (Å²) in [6.45, 7) is 9.47. The van der Waals surface area contributed by atoms with E-state index >= 15 is 0 Å². The minimum absolute atomic E-state index is 0.105. The Morgan fingerprint density at radius 1 is 1.26 bits per heavy atom. The van der Waals surface area contributed by atoms with Gasteiger partial charge in [-0.1, -0.05) is 17.7 Å². The van der Waals surface area contributed by atoms with Crippen molar-refractivity contribution in [1.82, 2.24) is 15.1 Å². The molecule has 2 N–H and O–H groups in total. The molecule has 0 bridgehead atoms. The van der Waals surface area contributed by atoms with Crippen molar-refractivity contribution in [2.24, 2.45) is 0 Å². The van der Waals surface area contributed by atoms with Gasteiger partial charge in [0.25, 0.3) is 5.91 Å². The maximum Gasteiger partial charge on any atom is 0.270 e. The van der Waals surface area contributed by atoms with E-state index in [0.29, 0.717) is 23.7 Å². The van der Waals surface area contributed by atoms with E-state index in [1.165, 1.54) is 31.4 Å². The van der Waals surface area contributed by atoms with E-state index in [1.54, 1.807) is 15.8 Å². The molecule has 3 heterocycles. The highest BCUT2D eigenvalue weighted by molar-refractivity contribution is 5.94. The molecule has 1 unspecified atom stereocenters. The van der Waals surface area contributed by atoms with E-state index in [-0.39, 0.29) is 5.91 Å². The average Bonchev–Trinajstić information content (AvgIpc) is 3.42. The Bertz CT molecular complexity index is 1020. The number of aromatic nitrogens is 2. The predicted molar refractivity (Wildman–Crippen MR) is 122 cm³/mol. The number of benzene rings is 1. The third kappa shape index (κ3) is 4.90. The average molecular weight is 422 g/mol. The third-order valence-corrected chi connectivity index (χ3v) is 6.34. The van der Waals surface area contributed by atoms with Gasteiger partial charge in [0.1, 0.15) is 11.4 Å². The van der Waals surface area contributed by atoms with Crippen molar-refractivity contribution in [1.29, 1.82) is 0 Å². The van der Waals surface area contributed by atoms with Crippen molar-refractivity contribution < 1.29 is 14.1 Å². The summed E-state index contributed by atoms with van der Waals surface area (Å²) in [5.41, 5.74) is 4.34. The monoisotopic (exact) mass is 421 g/mol. The van der Waals surface area contributed by atoms with E-state index in [1.807, 2.05) is 37.3 Å². The molecule has 4 rings (SSSR count). The maximum atomic E-state index is 13.1. The molecule has 2 atom stereocenters. The molecule has 1 saturated heterocycles. The Labute approximate surface area is 184 Å². The molecule has 0 spiro atoms. The van der Waals surface area contributed by atoms with Gasteiger partial charge in [-0.25, -0.2) is 4.68 Å². The topological polar surface area (TPSA) is 64.5 Å². The number of nitrogens with one attached hydrogen (secondary N) is 2. The van der Waals surface area contributed by atoms with Crippen LogP contribution >= 0.6 is 0 Å². The second-order valence-corrected chi connectivity index (χ2v) is 8.76. The number of amides is 1. The van der Waals surface area contributed by atoms with Gasteiger partial charge in [0.2, 0.25) is 0 Å². The number of carbonyl (C=O) groups is 1. The maximum absolute atomic E-state index is 13.1. The molecule has 1 amide bonds. The van der Waals surface area contributed by atoms with Crippen molar-refractivity contribution >= 4 is 5.91 Å². The van der Waals surface area contributed by atoms with Crippen molar-refractivity contribution in [3.63, 3.8) is 0 Å². The fraction of sp³-hybridized carbons (Fsp3) is 0.440. The molecule has 6 nitrogen and oxygen atoms in total. The first kappa shape index (κ1) is 21.4. The van der Waals surface area contributed by atoms with Crippen molar-refractivity contribution in [2.45, 2.75) is 52.5 Å². The molecule has 0 saturated carbocycles. The number of hydrogen-bond acceptors (Lipinski definition) is 3. The summed E-state index contributed by atoms with van der Waals surface area (Å²) in [4.78, 5) is 14.8. The highest BCUT2D eigenvalue weighted by Crippen LogP contribution is 2.24. The Balaban J connectivity index is 1.50. The first-order chi connectivity index (χ1) is 15.0. The highest BCUT2D eigenvalue weighted by Gasteiger charge is 2.22. The van der Waals surface area contributed by atoms with Crippen molar-refractivity contribution in [3.8, 4) is 17.1 Å². The van der Waals surface area contributed by atoms with Gasteiger partial charge in [-0.3, -0.25) is 4.79 Å².